The van der Waals surface area contributed by atoms with E-state index in [9.17, 15) is 24.5 Å². The highest BCUT2D eigenvalue weighted by atomic mass is 16.6. The Kier molecular flexibility index (Phi) is 4.95. The van der Waals surface area contributed by atoms with E-state index in [1.807, 2.05) is 0 Å². The molecule has 1 atom stereocenters. The number of ether oxygens (including phenoxy) is 1. The van der Waals surface area contributed by atoms with Crippen LogP contribution in [0, 0.1) is 10.1 Å². The van der Waals surface area contributed by atoms with Gasteiger partial charge in [0.05, 0.1) is 17.6 Å². The summed E-state index contributed by atoms with van der Waals surface area (Å²) in [5, 5.41) is 21.6. The summed E-state index contributed by atoms with van der Waals surface area (Å²) in [6.07, 6.45) is 0. The molecule has 0 aliphatic rings. The molecule has 1 unspecified atom stereocenters. The van der Waals surface area contributed by atoms with Gasteiger partial charge in [0.25, 0.3) is 11.6 Å². The van der Waals surface area contributed by atoms with E-state index >= 15 is 0 Å². The van der Waals surface area contributed by atoms with Crippen LogP contribution < -0.4 is 5.32 Å². The smallest absolute Gasteiger partial charge is 0.338 e. The number of hydrogen-bond donors (Lipinski definition) is 2. The molecule has 0 aliphatic heterocycles. The highest BCUT2D eigenvalue weighted by Crippen LogP contribution is 2.18. The van der Waals surface area contributed by atoms with Gasteiger partial charge in [-0.25, -0.2) is 4.79 Å². The average Bonchev–Trinajstić information content (AvgIpc) is 2.45. The number of carboxylic acids is 1. The molecule has 0 bridgehead atoms. The van der Waals surface area contributed by atoms with Gasteiger partial charge in [0.15, 0.2) is 0 Å². The molecule has 21 heavy (non-hydrogen) atoms. The fourth-order valence-corrected chi connectivity index (χ4v) is 1.43. The van der Waals surface area contributed by atoms with Crippen LogP contribution in [-0.4, -0.2) is 41.0 Å². The molecule has 1 rings (SSSR count). The van der Waals surface area contributed by atoms with Crippen molar-refractivity contribution in [2.45, 2.75) is 13.0 Å². The van der Waals surface area contributed by atoms with Crippen molar-refractivity contribution in [1.82, 2.24) is 5.32 Å². The Morgan fingerprint density at radius 1 is 1.29 bits per heavy atom. The second-order valence-corrected chi connectivity index (χ2v) is 4.05. The Hall–Kier alpha value is -2.97. The van der Waals surface area contributed by atoms with Crippen molar-refractivity contribution in [1.29, 1.82) is 0 Å². The number of nitrogens with zero attached hydrogens (tertiary/aromatic N) is 1. The van der Waals surface area contributed by atoms with Crippen molar-refractivity contribution in [2.75, 3.05) is 7.11 Å². The maximum absolute atomic E-state index is 11.8. The molecule has 1 aromatic rings. The van der Waals surface area contributed by atoms with Crippen LogP contribution in [0.4, 0.5) is 5.69 Å². The molecule has 2 N–H and O–H groups in total. The lowest BCUT2D eigenvalue weighted by atomic mass is 10.1. The van der Waals surface area contributed by atoms with E-state index in [-0.39, 0.29) is 11.1 Å². The summed E-state index contributed by atoms with van der Waals surface area (Å²) in [5.74, 6) is -2.96. The Balaban J connectivity index is 3.19. The highest BCUT2D eigenvalue weighted by molar-refractivity contribution is 6.00. The molecule has 0 aromatic heterocycles. The number of nitro benzene ring substituents is 1. The molecule has 1 amide bonds. The van der Waals surface area contributed by atoms with E-state index in [0.717, 1.165) is 25.3 Å². The lowest BCUT2D eigenvalue weighted by Gasteiger charge is -2.10. The summed E-state index contributed by atoms with van der Waals surface area (Å²) < 4.78 is 4.44. The Morgan fingerprint density at radius 3 is 2.33 bits per heavy atom. The molecular formula is C12H12N2O7. The largest absolute Gasteiger partial charge is 0.480 e. The van der Waals surface area contributed by atoms with Gasteiger partial charge in [-0.15, -0.1) is 0 Å². The van der Waals surface area contributed by atoms with E-state index < -0.39 is 34.5 Å². The summed E-state index contributed by atoms with van der Waals surface area (Å²) in [4.78, 5) is 44.0. The van der Waals surface area contributed by atoms with Crippen LogP contribution in [0.2, 0.25) is 0 Å². The van der Waals surface area contributed by atoms with Gasteiger partial charge in [0.2, 0.25) is 0 Å². The number of carbonyl (C=O) groups is 3. The monoisotopic (exact) mass is 296 g/mol. The normalized spacial score (nSPS) is 11.3. The molecule has 0 saturated carbocycles. The average molecular weight is 296 g/mol. The summed E-state index contributed by atoms with van der Waals surface area (Å²) in [7, 11) is 1.09. The molecule has 0 spiro atoms. The minimum absolute atomic E-state index is 0.181. The maximum Gasteiger partial charge on any atom is 0.338 e. The number of carboxylic acid groups (broad SMARTS) is 1. The van der Waals surface area contributed by atoms with E-state index in [1.54, 1.807) is 0 Å². The first kappa shape index (κ1) is 16.1. The Bertz CT molecular complexity index is 612. The van der Waals surface area contributed by atoms with Crippen molar-refractivity contribution in [3.05, 3.63) is 39.4 Å². The van der Waals surface area contributed by atoms with E-state index in [2.05, 4.69) is 10.1 Å². The van der Waals surface area contributed by atoms with Crippen molar-refractivity contribution in [3.8, 4) is 0 Å². The van der Waals surface area contributed by atoms with Gasteiger partial charge in [0.1, 0.15) is 6.04 Å². The first-order chi connectivity index (χ1) is 9.76. The molecule has 0 heterocycles. The van der Waals surface area contributed by atoms with E-state index in [0.29, 0.717) is 0 Å². The SMILES string of the molecule is COC(=O)c1cc(C(=O)NC(C)C(=O)O)cc([N+](=O)[O-])c1. The van der Waals surface area contributed by atoms with Crippen LogP contribution in [-0.2, 0) is 9.53 Å². The van der Waals surface area contributed by atoms with Gasteiger partial charge >= 0.3 is 11.9 Å². The summed E-state index contributed by atoms with van der Waals surface area (Å²) in [5.41, 5.74) is -0.872. The quantitative estimate of drug-likeness (QED) is 0.461. The summed E-state index contributed by atoms with van der Waals surface area (Å²) >= 11 is 0. The number of methoxy groups -OCH3 is 1. The molecule has 9 heteroatoms. The molecule has 9 nitrogen and oxygen atoms in total. The third kappa shape index (κ3) is 4.00. The zero-order chi connectivity index (χ0) is 16.2. The van der Waals surface area contributed by atoms with Crippen molar-refractivity contribution in [3.63, 3.8) is 0 Å². The molecule has 1 aromatic carbocycles. The molecule has 0 radical (unpaired) electrons. The topological polar surface area (TPSA) is 136 Å². The third-order valence-corrected chi connectivity index (χ3v) is 2.53. The van der Waals surface area contributed by atoms with Gasteiger partial charge in [0, 0.05) is 17.7 Å². The predicted molar refractivity (Wildman–Crippen MR) is 69.0 cm³/mol. The van der Waals surface area contributed by atoms with Crippen LogP contribution in [0.5, 0.6) is 0 Å². The number of nitro groups is 1. The van der Waals surface area contributed by atoms with Crippen molar-refractivity contribution < 1.29 is 29.2 Å². The number of benzene rings is 1. The molecule has 0 fully saturated rings. The number of hydrogen-bond acceptors (Lipinski definition) is 6. The number of non-ortho nitro benzene ring substituents is 1. The zero-order valence-electron chi connectivity index (χ0n) is 11.2. The predicted octanol–water partition coefficient (Wildman–Crippen LogP) is 0.584. The minimum Gasteiger partial charge on any atom is -0.480 e. The van der Waals surface area contributed by atoms with Crippen LogP contribution in [0.1, 0.15) is 27.6 Å². The number of nitrogens with one attached hydrogen (secondary N) is 1. The number of carbonyl (C=O) groups excluding carboxylic acids is 2. The second-order valence-electron chi connectivity index (χ2n) is 4.05. The second kappa shape index (κ2) is 6.46. The van der Waals surface area contributed by atoms with Gasteiger partial charge in [-0.05, 0) is 13.0 Å². The number of amides is 1. The molecular weight excluding hydrogens is 284 g/mol. The van der Waals surface area contributed by atoms with Gasteiger partial charge in [-0.1, -0.05) is 0 Å². The van der Waals surface area contributed by atoms with Crippen molar-refractivity contribution in [2.24, 2.45) is 0 Å². The molecule has 112 valence electrons. The van der Waals surface area contributed by atoms with Crippen LogP contribution in [0.15, 0.2) is 18.2 Å². The minimum atomic E-state index is -1.26. The van der Waals surface area contributed by atoms with Gasteiger partial charge in [-0.2, -0.15) is 0 Å². The van der Waals surface area contributed by atoms with Gasteiger partial charge < -0.3 is 15.2 Å². The van der Waals surface area contributed by atoms with E-state index in [4.69, 9.17) is 5.11 Å². The number of rotatable bonds is 5. The highest BCUT2D eigenvalue weighted by Gasteiger charge is 2.20. The maximum atomic E-state index is 11.8. The summed E-state index contributed by atoms with van der Waals surface area (Å²) in [6, 6.07) is 1.81. The van der Waals surface area contributed by atoms with Crippen LogP contribution in [0.25, 0.3) is 0 Å². The zero-order valence-corrected chi connectivity index (χ0v) is 11.2. The van der Waals surface area contributed by atoms with Crippen LogP contribution >= 0.6 is 0 Å². The molecule has 0 saturated heterocycles. The Morgan fingerprint density at radius 2 is 1.86 bits per heavy atom. The fraction of sp³-hybridized carbons (Fsp3) is 0.250. The standard InChI is InChI=1S/C12H12N2O7/c1-6(11(16)17)13-10(15)7-3-8(12(18)21-2)5-9(4-7)14(19)20/h3-6H,1-2H3,(H,13,15)(H,16,17). The molecule has 0 aliphatic carbocycles. The Labute approximate surface area is 118 Å². The lowest BCUT2D eigenvalue weighted by molar-refractivity contribution is -0.384. The third-order valence-electron chi connectivity index (χ3n) is 2.53. The lowest BCUT2D eigenvalue weighted by Crippen LogP contribution is -2.38. The first-order valence-electron chi connectivity index (χ1n) is 5.67. The van der Waals surface area contributed by atoms with Gasteiger partial charge in [-0.3, -0.25) is 19.7 Å². The number of esters is 1. The fourth-order valence-electron chi connectivity index (χ4n) is 1.43. The summed E-state index contributed by atoms with van der Waals surface area (Å²) in [6.45, 7) is 1.23. The van der Waals surface area contributed by atoms with Crippen LogP contribution in [0.3, 0.4) is 0 Å². The van der Waals surface area contributed by atoms with E-state index in [1.165, 1.54) is 6.92 Å². The first-order valence-corrected chi connectivity index (χ1v) is 5.67. The number of aliphatic carboxylic acids is 1. The van der Waals surface area contributed by atoms with Crippen molar-refractivity contribution >= 4 is 23.5 Å².